The van der Waals surface area contributed by atoms with Gasteiger partial charge in [-0.05, 0) is 35.9 Å². The molecule has 0 aliphatic rings. The number of hydrogen-bond donors (Lipinski definition) is 3. The Hall–Kier alpha value is -3.46. The summed E-state index contributed by atoms with van der Waals surface area (Å²) in [7, 11) is 0. The molecule has 0 unspecified atom stereocenters. The maximum absolute atomic E-state index is 11.2. The summed E-state index contributed by atoms with van der Waals surface area (Å²) >= 11 is 12.4. The molecule has 5 N–H and O–H groups in total. The second kappa shape index (κ2) is 9.57. The van der Waals surface area contributed by atoms with Crippen molar-refractivity contribution in [2.75, 3.05) is 16.1 Å². The van der Waals surface area contributed by atoms with Gasteiger partial charge in [0.25, 0.3) is 0 Å². The molecular formula is C21H19Cl2N7O. The Morgan fingerprint density at radius 3 is 2.52 bits per heavy atom. The molecule has 1 aromatic heterocycles. The number of nitrogen functional groups attached to an aromatic ring is 1. The van der Waals surface area contributed by atoms with E-state index >= 15 is 0 Å². The lowest BCUT2D eigenvalue weighted by molar-refractivity contribution is -0.114. The van der Waals surface area contributed by atoms with Crippen molar-refractivity contribution < 1.29 is 4.79 Å². The largest absolute Gasteiger partial charge is 0.383 e. The van der Waals surface area contributed by atoms with Gasteiger partial charge in [0.1, 0.15) is 5.82 Å². The van der Waals surface area contributed by atoms with E-state index in [4.69, 9.17) is 34.8 Å². The lowest BCUT2D eigenvalue weighted by Crippen LogP contribution is -2.39. The highest BCUT2D eigenvalue weighted by atomic mass is 35.5. The van der Waals surface area contributed by atoms with Crippen LogP contribution in [0.15, 0.2) is 64.9 Å². The first kappa shape index (κ1) is 22.2. The standard InChI is InChI=1S/C21H19Cl2N7O/c1-12(31)28-15-8-6-13(7-9-15)14-10-16(20(24)27-11-14)21(29-26-2)30(25)18-5-3-4-17(22)19(18)23/h3-11H,2,25H2,1H3,(H2,24,27)(H,28,31)/b29-21-. The van der Waals surface area contributed by atoms with Crippen LogP contribution >= 0.6 is 23.2 Å². The predicted molar refractivity (Wildman–Crippen MR) is 128 cm³/mol. The van der Waals surface area contributed by atoms with Gasteiger partial charge in [-0.3, -0.25) is 9.80 Å². The summed E-state index contributed by atoms with van der Waals surface area (Å²) in [6.45, 7) is 4.86. The Kier molecular flexibility index (Phi) is 6.86. The molecule has 31 heavy (non-hydrogen) atoms. The van der Waals surface area contributed by atoms with Gasteiger partial charge in [-0.15, -0.1) is 5.10 Å². The average molecular weight is 456 g/mol. The summed E-state index contributed by atoms with van der Waals surface area (Å²) in [4.78, 5) is 15.5. The van der Waals surface area contributed by atoms with Crippen molar-refractivity contribution >= 4 is 58.9 Å². The fraction of sp³-hybridized carbons (Fsp3) is 0.0476. The van der Waals surface area contributed by atoms with Crippen molar-refractivity contribution in [3.63, 3.8) is 0 Å². The lowest BCUT2D eigenvalue weighted by atomic mass is 10.0. The third-order valence-electron chi connectivity index (χ3n) is 4.28. The second-order valence-electron chi connectivity index (χ2n) is 6.42. The Bertz CT molecular complexity index is 1160. The fourth-order valence-corrected chi connectivity index (χ4v) is 3.24. The number of hydrazine groups is 1. The molecule has 0 fully saturated rings. The van der Waals surface area contributed by atoms with E-state index in [0.717, 1.165) is 11.1 Å². The topological polar surface area (TPSA) is 122 Å². The van der Waals surface area contributed by atoms with Crippen LogP contribution in [0.3, 0.4) is 0 Å². The Labute approximate surface area is 189 Å². The molecule has 0 radical (unpaired) electrons. The third kappa shape index (κ3) is 5.00. The SMILES string of the molecule is C=N/N=C(/c1cc(-c2ccc(NC(C)=O)cc2)cnc1N)N(N)c1cccc(Cl)c1Cl. The molecule has 0 aliphatic carbocycles. The van der Waals surface area contributed by atoms with Crippen molar-refractivity contribution in [3.05, 3.63) is 70.3 Å². The van der Waals surface area contributed by atoms with Crippen molar-refractivity contribution in [3.8, 4) is 11.1 Å². The molecule has 0 saturated carbocycles. The highest BCUT2D eigenvalue weighted by Crippen LogP contribution is 2.33. The van der Waals surface area contributed by atoms with Gasteiger partial charge in [0.2, 0.25) is 5.91 Å². The molecule has 10 heteroatoms. The van der Waals surface area contributed by atoms with Gasteiger partial charge in [0.05, 0.1) is 21.3 Å². The van der Waals surface area contributed by atoms with Crippen molar-refractivity contribution in [1.82, 2.24) is 4.98 Å². The number of pyridine rings is 1. The molecular weight excluding hydrogens is 437 g/mol. The molecule has 0 atom stereocenters. The zero-order chi connectivity index (χ0) is 22.5. The molecule has 0 spiro atoms. The van der Waals surface area contributed by atoms with Crippen LogP contribution < -0.4 is 21.9 Å². The van der Waals surface area contributed by atoms with E-state index in [-0.39, 0.29) is 22.6 Å². The van der Waals surface area contributed by atoms with E-state index in [1.807, 2.05) is 12.1 Å². The van der Waals surface area contributed by atoms with Crippen LogP contribution in [-0.4, -0.2) is 23.4 Å². The molecule has 1 heterocycles. The second-order valence-corrected chi connectivity index (χ2v) is 7.21. The van der Waals surface area contributed by atoms with Gasteiger partial charge in [0, 0.05) is 31.1 Å². The minimum atomic E-state index is -0.148. The van der Waals surface area contributed by atoms with Crippen LogP contribution in [0, 0.1) is 0 Å². The van der Waals surface area contributed by atoms with Gasteiger partial charge < -0.3 is 11.1 Å². The van der Waals surface area contributed by atoms with Crippen molar-refractivity contribution in [2.24, 2.45) is 16.0 Å². The zero-order valence-electron chi connectivity index (χ0n) is 16.5. The molecule has 3 rings (SSSR count). The molecule has 0 aliphatic heterocycles. The molecule has 2 aromatic carbocycles. The smallest absolute Gasteiger partial charge is 0.221 e. The summed E-state index contributed by atoms with van der Waals surface area (Å²) in [6.07, 6.45) is 1.62. The number of anilines is 3. The predicted octanol–water partition coefficient (Wildman–Crippen LogP) is 4.34. The number of amidine groups is 1. The summed E-state index contributed by atoms with van der Waals surface area (Å²) in [5.41, 5.74) is 9.23. The van der Waals surface area contributed by atoms with Crippen LogP contribution in [0.2, 0.25) is 10.0 Å². The summed E-state index contributed by atoms with van der Waals surface area (Å²) in [5, 5.41) is 12.2. The zero-order valence-corrected chi connectivity index (χ0v) is 18.0. The van der Waals surface area contributed by atoms with E-state index in [2.05, 4.69) is 27.2 Å². The van der Waals surface area contributed by atoms with E-state index in [1.54, 1.807) is 42.6 Å². The molecule has 8 nitrogen and oxygen atoms in total. The maximum Gasteiger partial charge on any atom is 0.221 e. The van der Waals surface area contributed by atoms with Gasteiger partial charge in [0.15, 0.2) is 5.84 Å². The fourth-order valence-electron chi connectivity index (χ4n) is 2.85. The number of carbonyl (C=O) groups is 1. The molecule has 0 bridgehead atoms. The maximum atomic E-state index is 11.2. The van der Waals surface area contributed by atoms with Gasteiger partial charge in [-0.25, -0.2) is 10.8 Å². The number of halogens is 2. The van der Waals surface area contributed by atoms with Gasteiger partial charge in [-0.2, -0.15) is 5.10 Å². The number of benzene rings is 2. The highest BCUT2D eigenvalue weighted by molar-refractivity contribution is 6.44. The number of amides is 1. The van der Waals surface area contributed by atoms with E-state index < -0.39 is 0 Å². The average Bonchev–Trinajstić information content (AvgIpc) is 2.74. The number of nitrogens with one attached hydrogen (secondary N) is 1. The molecule has 158 valence electrons. The normalized spacial score (nSPS) is 11.2. The third-order valence-corrected chi connectivity index (χ3v) is 5.09. The summed E-state index contributed by atoms with van der Waals surface area (Å²) < 4.78 is 0. The van der Waals surface area contributed by atoms with Crippen LogP contribution in [0.1, 0.15) is 12.5 Å². The van der Waals surface area contributed by atoms with E-state index in [9.17, 15) is 4.79 Å². The van der Waals surface area contributed by atoms with Crippen molar-refractivity contribution in [1.29, 1.82) is 0 Å². The first-order valence-corrected chi connectivity index (χ1v) is 9.74. The lowest BCUT2D eigenvalue weighted by Gasteiger charge is -2.22. The first-order valence-electron chi connectivity index (χ1n) is 8.98. The highest BCUT2D eigenvalue weighted by Gasteiger charge is 2.20. The van der Waals surface area contributed by atoms with Crippen LogP contribution in [-0.2, 0) is 4.79 Å². The van der Waals surface area contributed by atoms with Crippen LogP contribution in [0.4, 0.5) is 17.2 Å². The number of hydrogen-bond acceptors (Lipinski definition) is 6. The quantitative estimate of drug-likeness (QED) is 0.228. The number of nitrogens with two attached hydrogens (primary N) is 2. The van der Waals surface area contributed by atoms with Crippen LogP contribution in [0.5, 0.6) is 0 Å². The number of nitrogens with zero attached hydrogens (tertiary/aromatic N) is 4. The van der Waals surface area contributed by atoms with Crippen LogP contribution in [0.25, 0.3) is 11.1 Å². The first-order chi connectivity index (χ1) is 14.8. The van der Waals surface area contributed by atoms with E-state index in [0.29, 0.717) is 22.0 Å². The monoisotopic (exact) mass is 455 g/mol. The van der Waals surface area contributed by atoms with E-state index in [1.165, 1.54) is 11.9 Å². The molecule has 1 amide bonds. The molecule has 0 saturated heterocycles. The Morgan fingerprint density at radius 1 is 1.16 bits per heavy atom. The minimum absolute atomic E-state index is 0.148. The Balaban J connectivity index is 2.03. The van der Waals surface area contributed by atoms with Gasteiger partial charge >= 0.3 is 0 Å². The number of carbonyl (C=O) groups excluding carboxylic acids is 1. The minimum Gasteiger partial charge on any atom is -0.383 e. The van der Waals surface area contributed by atoms with Gasteiger partial charge in [-0.1, -0.05) is 41.4 Å². The Morgan fingerprint density at radius 2 is 1.87 bits per heavy atom. The number of aromatic nitrogens is 1. The summed E-state index contributed by atoms with van der Waals surface area (Å²) in [5.74, 6) is 6.52. The summed E-state index contributed by atoms with van der Waals surface area (Å²) in [6, 6.07) is 14.1. The molecule has 3 aromatic rings. The number of rotatable bonds is 5. The van der Waals surface area contributed by atoms with Crippen molar-refractivity contribution in [2.45, 2.75) is 6.92 Å².